The average molecular weight is 1160 g/mol. The molecule has 0 bridgehead atoms. The van der Waals surface area contributed by atoms with Crippen molar-refractivity contribution in [1.29, 1.82) is 0 Å². The Kier molecular flexibility index (Phi) is 21.1. The van der Waals surface area contributed by atoms with E-state index in [0.29, 0.717) is 0 Å². The van der Waals surface area contributed by atoms with Crippen molar-refractivity contribution >= 4 is 84.1 Å². The molecule has 76 heavy (non-hydrogen) atoms. The van der Waals surface area contributed by atoms with Gasteiger partial charge in [0.2, 0.25) is 5.91 Å². The molecule has 30 nitrogen and oxygen atoms in total. The fraction of sp³-hybridized carbons (Fsp3) is 0.690. The quantitative estimate of drug-likeness (QED) is 0.0217. The lowest BCUT2D eigenvalue weighted by Gasteiger charge is -2.26. The second kappa shape index (κ2) is 25.8. The molecular weight excluding hydrogens is 1090 g/mol. The van der Waals surface area contributed by atoms with Crippen molar-refractivity contribution in [2.45, 2.75) is 159 Å². The van der Waals surface area contributed by atoms with Crippen molar-refractivity contribution < 1.29 is 85.4 Å². The fourth-order valence-corrected chi connectivity index (χ4v) is 11.0. The average Bonchev–Trinajstić information content (AvgIpc) is 3.97. The number of imidazole rings is 1. The summed E-state index contributed by atoms with van der Waals surface area (Å²) < 4.78 is 71.3. The van der Waals surface area contributed by atoms with Gasteiger partial charge in [-0.1, -0.05) is 42.4 Å². The number of hydrogen-bond donors (Lipinski definition) is 9. The number of nitrogens with zero attached hydrogens (tertiary/aromatic N) is 6. The Bertz CT molecular complexity index is 2660. The molecule has 2 aliphatic rings. The van der Waals surface area contributed by atoms with Gasteiger partial charge in [-0.15, -0.1) is 0 Å². The molecule has 3 aromatic rings. The van der Waals surface area contributed by atoms with E-state index in [1.54, 1.807) is 41.5 Å². The summed E-state index contributed by atoms with van der Waals surface area (Å²) in [7, 11) is -7.50. The normalized spacial score (nSPS) is 22.8. The number of rotatable bonds is 23. The lowest BCUT2D eigenvalue weighted by molar-refractivity contribution is -0.159. The molecule has 0 radical (unpaired) electrons. The molecule has 10 atom stereocenters. The summed E-state index contributed by atoms with van der Waals surface area (Å²) in [5, 5.41) is 19.8. The number of carbonyl (C=O) groups is 4. The smallest absolute Gasteiger partial charge is 0.455 e. The molecule has 5 rings (SSSR count). The first-order chi connectivity index (χ1) is 35.2. The number of phosphoric acid groups is 2. The molecule has 2 aliphatic heterocycles. The van der Waals surface area contributed by atoms with E-state index in [-0.39, 0.29) is 65.5 Å². The van der Waals surface area contributed by atoms with Gasteiger partial charge in [-0.2, -0.15) is 4.98 Å². The summed E-state index contributed by atoms with van der Waals surface area (Å²) in [6.45, 7) is 14.1. The Morgan fingerprint density at radius 2 is 1.53 bits per heavy atom. The van der Waals surface area contributed by atoms with E-state index in [0.717, 1.165) is 10.9 Å². The van der Waals surface area contributed by atoms with Crippen molar-refractivity contribution in [1.82, 2.24) is 45.0 Å². The highest BCUT2D eigenvalue weighted by atomic mass is 33.1. The van der Waals surface area contributed by atoms with Crippen LogP contribution in [0.2, 0.25) is 0 Å². The van der Waals surface area contributed by atoms with Gasteiger partial charge in [-0.25, -0.2) is 43.3 Å². The SMILES string of the molecule is CC(C)(C)OC(=O)NC(CSSC(C)(C)C)C(=O)NCCCC[C@H](NC(=O)OC(C)(C)C)C(=O)O[C@H]1[C@@H](O)[C@H](n2cnc3c(N)ncnc32)O[C@@H]1COP(=O)(O)O[C@H]1C[C@H](n2ccc(N)nc2=O)O[C@@H]1COP(=O)(O)O. The number of phosphoric ester groups is 2. The van der Waals surface area contributed by atoms with Gasteiger partial charge in [-0.3, -0.25) is 27.5 Å². The third kappa shape index (κ3) is 19.3. The summed E-state index contributed by atoms with van der Waals surface area (Å²) in [5.41, 5.74) is 9.06. The first-order valence-electron chi connectivity index (χ1n) is 23.6. The number of nitrogen functional groups attached to an aromatic ring is 2. The number of amides is 3. The predicted molar refractivity (Wildman–Crippen MR) is 273 cm³/mol. The number of aliphatic hydroxyl groups excluding tert-OH is 1. The van der Waals surface area contributed by atoms with Crippen molar-refractivity contribution in [3.05, 3.63) is 35.4 Å². The largest absolute Gasteiger partial charge is 0.472 e. The van der Waals surface area contributed by atoms with Crippen molar-refractivity contribution in [2.24, 2.45) is 0 Å². The number of alkyl carbamates (subject to hydrolysis) is 2. The number of anilines is 2. The summed E-state index contributed by atoms with van der Waals surface area (Å²) >= 11 is 0. The summed E-state index contributed by atoms with van der Waals surface area (Å²) in [4.78, 5) is 112. The molecule has 11 N–H and O–H groups in total. The number of carbonyl (C=O) groups excluding carboxylic acids is 4. The monoisotopic (exact) mass is 1160 g/mol. The maximum Gasteiger partial charge on any atom is 0.472 e. The Hall–Kier alpha value is -4.69. The number of ether oxygens (including phenoxy) is 5. The summed E-state index contributed by atoms with van der Waals surface area (Å²) in [6, 6.07) is -1.17. The van der Waals surface area contributed by atoms with Crippen LogP contribution in [0.25, 0.3) is 11.2 Å². The van der Waals surface area contributed by atoms with Gasteiger partial charge in [0.15, 0.2) is 23.8 Å². The van der Waals surface area contributed by atoms with Crippen LogP contribution in [-0.2, 0) is 56.0 Å². The standard InChI is InChI=1S/C42H67N11O19P2S2/c1-40(2,3)70-38(58)49-22(12-10-11-14-45-34(55)23(19-75-76-42(7,8)9)50-39(59)71-41(4,5)6)36(56)69-31-26(68-35(30(31)54)53-21-48-29-32(44)46-20-47-33(29)53)18-66-74(63,64)72-24-16-28(52-15-13-27(43)51-37(52)57)67-25(24)17-65-73(60,61)62/h13,15,20-26,28,30-31,35,54H,10-12,14,16-19H2,1-9H3,(H,45,55)(H,49,58)(H,50,59)(H,63,64)(H2,43,51,57)(H2,44,46,47)(H2,60,61,62)/t22-,23?,24-,25+,26+,28+,30+,31+,35+/m0/s1. The number of esters is 1. The van der Waals surface area contributed by atoms with Gasteiger partial charge in [-0.05, 0) is 66.9 Å². The maximum atomic E-state index is 14.2. The number of unbranched alkanes of at least 4 members (excludes halogenated alkanes) is 1. The highest BCUT2D eigenvalue weighted by molar-refractivity contribution is 8.77. The number of nitrogens with two attached hydrogens (primary N) is 2. The Balaban J connectivity index is 1.33. The molecule has 2 fully saturated rings. The van der Waals surface area contributed by atoms with Crippen LogP contribution in [0.5, 0.6) is 0 Å². The van der Waals surface area contributed by atoms with E-state index in [2.05, 4.69) is 40.4 Å². The minimum absolute atomic E-state index is 0.0280. The third-order valence-electron chi connectivity index (χ3n) is 10.4. The van der Waals surface area contributed by atoms with E-state index in [4.69, 9.17) is 44.2 Å². The van der Waals surface area contributed by atoms with Crippen LogP contribution in [0.1, 0.15) is 100 Å². The molecular formula is C42H67N11O19P2S2. The zero-order valence-corrected chi connectivity index (χ0v) is 46.5. The Morgan fingerprint density at radius 1 is 0.882 bits per heavy atom. The summed E-state index contributed by atoms with van der Waals surface area (Å²) in [6.07, 6.45) is -9.24. The van der Waals surface area contributed by atoms with Crippen LogP contribution in [-0.4, -0.2) is 157 Å². The highest BCUT2D eigenvalue weighted by Crippen LogP contribution is 2.50. The molecule has 3 amide bonds. The van der Waals surface area contributed by atoms with Crippen LogP contribution in [0, 0.1) is 0 Å². The fourth-order valence-electron chi connectivity index (χ4n) is 7.24. The third-order valence-corrected chi connectivity index (χ3v) is 15.2. The van der Waals surface area contributed by atoms with Crippen LogP contribution in [0.15, 0.2) is 29.7 Å². The number of aliphatic hydroxyl groups is 1. The Morgan fingerprint density at radius 3 is 2.14 bits per heavy atom. The maximum absolute atomic E-state index is 14.2. The molecule has 2 saturated heterocycles. The highest BCUT2D eigenvalue weighted by Gasteiger charge is 2.50. The van der Waals surface area contributed by atoms with Gasteiger partial charge >= 0.3 is 39.5 Å². The van der Waals surface area contributed by atoms with Crippen LogP contribution < -0.4 is 33.1 Å². The van der Waals surface area contributed by atoms with Crippen LogP contribution >= 0.6 is 37.2 Å². The van der Waals surface area contributed by atoms with E-state index in [1.807, 2.05) is 20.8 Å². The molecule has 0 spiro atoms. The van der Waals surface area contributed by atoms with Gasteiger partial charge in [0, 0.05) is 29.7 Å². The molecule has 0 aliphatic carbocycles. The zero-order valence-electron chi connectivity index (χ0n) is 43.1. The second-order valence-corrected chi connectivity index (χ2v) is 26.1. The first-order valence-corrected chi connectivity index (χ1v) is 28.9. The lowest BCUT2D eigenvalue weighted by atomic mass is 10.1. The number of nitrogens with one attached hydrogen (secondary N) is 3. The van der Waals surface area contributed by atoms with E-state index >= 15 is 0 Å². The van der Waals surface area contributed by atoms with Gasteiger partial charge < -0.3 is 70.9 Å². The van der Waals surface area contributed by atoms with E-state index < -0.39 is 125 Å². The number of hydrogen-bond acceptors (Lipinski definition) is 24. The number of fused-ring (bicyclic) bond motifs is 1. The van der Waals surface area contributed by atoms with Gasteiger partial charge in [0.1, 0.15) is 71.6 Å². The molecule has 0 saturated carbocycles. The molecule has 426 valence electrons. The molecule has 3 aromatic heterocycles. The van der Waals surface area contributed by atoms with Gasteiger partial charge in [0.05, 0.1) is 19.5 Å². The predicted octanol–water partition coefficient (Wildman–Crippen LogP) is 2.57. The molecule has 34 heteroatoms. The minimum Gasteiger partial charge on any atom is -0.455 e. The second-order valence-electron chi connectivity index (χ2n) is 20.3. The molecule has 5 heterocycles. The first kappa shape index (κ1) is 62.2. The minimum atomic E-state index is -5.30. The van der Waals surface area contributed by atoms with Crippen molar-refractivity contribution in [3.8, 4) is 0 Å². The zero-order chi connectivity index (χ0) is 56.6. The van der Waals surface area contributed by atoms with Crippen LogP contribution in [0.4, 0.5) is 21.2 Å². The molecule has 2 unspecified atom stereocenters. The van der Waals surface area contributed by atoms with Gasteiger partial charge in [0.25, 0.3) is 0 Å². The van der Waals surface area contributed by atoms with E-state index in [1.165, 1.54) is 44.7 Å². The van der Waals surface area contributed by atoms with Crippen molar-refractivity contribution in [3.63, 3.8) is 0 Å². The van der Waals surface area contributed by atoms with Crippen molar-refractivity contribution in [2.75, 3.05) is 37.0 Å². The Labute approximate surface area is 444 Å². The lowest BCUT2D eigenvalue weighted by Crippen LogP contribution is -2.49. The van der Waals surface area contributed by atoms with Crippen LogP contribution in [0.3, 0.4) is 0 Å². The van der Waals surface area contributed by atoms with E-state index in [9.17, 15) is 52.9 Å². The number of aromatic nitrogens is 6. The molecule has 0 aromatic carbocycles. The summed E-state index contributed by atoms with van der Waals surface area (Å²) in [5.74, 6) is -1.55. The topological polar surface area (TPSA) is 424 Å².